The molecule has 2 heterocycles. The van der Waals surface area contributed by atoms with E-state index in [1.54, 1.807) is 18.3 Å². The molecule has 114 valence electrons. The molecule has 3 atom stereocenters. The zero-order chi connectivity index (χ0) is 15.1. The second-order valence-corrected chi connectivity index (χ2v) is 6.41. The third-order valence-corrected chi connectivity index (χ3v) is 4.69. The first-order valence-electron chi connectivity index (χ1n) is 7.45. The molecule has 1 aliphatic carbocycles. The van der Waals surface area contributed by atoms with Gasteiger partial charge in [-0.25, -0.2) is 4.98 Å². The van der Waals surface area contributed by atoms with Gasteiger partial charge in [-0.1, -0.05) is 23.7 Å². The number of halogens is 1. The summed E-state index contributed by atoms with van der Waals surface area (Å²) >= 11 is 5.97. The largest absolute Gasteiger partial charge is 0.432 e. The van der Waals surface area contributed by atoms with Crippen LogP contribution in [0.25, 0.3) is 11.3 Å². The van der Waals surface area contributed by atoms with E-state index in [-0.39, 0.29) is 17.8 Å². The number of hydrogen-bond donors (Lipinski definition) is 2. The van der Waals surface area contributed by atoms with E-state index in [0.717, 1.165) is 24.9 Å². The van der Waals surface area contributed by atoms with Crippen molar-refractivity contribution in [3.05, 3.63) is 41.4 Å². The summed E-state index contributed by atoms with van der Waals surface area (Å²) < 4.78 is 5.57. The molecule has 0 radical (unpaired) electrons. The SMILES string of the molecule is O=C(NC1CC2CNC1C2)c1ncc(-c2cccc(Cl)c2)o1. The quantitative estimate of drug-likeness (QED) is 0.912. The summed E-state index contributed by atoms with van der Waals surface area (Å²) in [5.41, 5.74) is 0.806. The topological polar surface area (TPSA) is 67.2 Å². The lowest BCUT2D eigenvalue weighted by molar-refractivity contribution is 0.0894. The number of nitrogens with one attached hydrogen (secondary N) is 2. The molecule has 5 nitrogen and oxygen atoms in total. The van der Waals surface area contributed by atoms with E-state index in [1.807, 2.05) is 12.1 Å². The van der Waals surface area contributed by atoms with Gasteiger partial charge in [0.25, 0.3) is 5.89 Å². The molecule has 22 heavy (non-hydrogen) atoms. The van der Waals surface area contributed by atoms with Crippen molar-refractivity contribution in [3.8, 4) is 11.3 Å². The molecule has 0 spiro atoms. The second-order valence-electron chi connectivity index (χ2n) is 5.97. The fourth-order valence-corrected chi connectivity index (χ4v) is 3.59. The standard InChI is InChI=1S/C16H16ClN3O2/c17-11-3-1-2-10(6-11)14-8-19-16(22-14)15(21)20-13-5-9-4-12(13)18-7-9/h1-3,6,8-9,12-13,18H,4-5,7H2,(H,20,21). The Morgan fingerprint density at radius 1 is 1.41 bits per heavy atom. The van der Waals surface area contributed by atoms with E-state index in [4.69, 9.17) is 16.0 Å². The predicted molar refractivity (Wildman–Crippen MR) is 82.7 cm³/mol. The average Bonchev–Trinajstić information content (AvgIpc) is 3.23. The fraction of sp³-hybridized carbons (Fsp3) is 0.375. The minimum Gasteiger partial charge on any atom is -0.432 e. The Morgan fingerprint density at radius 3 is 3.05 bits per heavy atom. The summed E-state index contributed by atoms with van der Waals surface area (Å²) in [6.07, 6.45) is 3.73. The molecule has 2 fully saturated rings. The lowest BCUT2D eigenvalue weighted by Crippen LogP contribution is -2.48. The highest BCUT2D eigenvalue weighted by molar-refractivity contribution is 6.30. The van der Waals surface area contributed by atoms with E-state index in [0.29, 0.717) is 22.7 Å². The van der Waals surface area contributed by atoms with E-state index in [2.05, 4.69) is 15.6 Å². The molecule has 1 amide bonds. The Labute approximate surface area is 133 Å². The van der Waals surface area contributed by atoms with Crippen molar-refractivity contribution in [2.75, 3.05) is 6.54 Å². The first-order valence-corrected chi connectivity index (χ1v) is 7.83. The third kappa shape index (κ3) is 2.51. The first-order chi connectivity index (χ1) is 10.7. The molecule has 2 bridgehead atoms. The minimum absolute atomic E-state index is 0.0951. The van der Waals surface area contributed by atoms with Crippen molar-refractivity contribution in [1.82, 2.24) is 15.6 Å². The van der Waals surface area contributed by atoms with Gasteiger partial charge in [-0.2, -0.15) is 0 Å². The molecule has 1 aromatic carbocycles. The van der Waals surface area contributed by atoms with Gasteiger partial charge in [0.2, 0.25) is 0 Å². The number of hydrogen-bond acceptors (Lipinski definition) is 4. The van der Waals surface area contributed by atoms with Crippen LogP contribution in [0.3, 0.4) is 0 Å². The summed E-state index contributed by atoms with van der Waals surface area (Å²) in [6.45, 7) is 1.06. The Morgan fingerprint density at radius 2 is 2.32 bits per heavy atom. The van der Waals surface area contributed by atoms with Crippen LogP contribution in [-0.2, 0) is 0 Å². The Hall–Kier alpha value is -1.85. The highest BCUT2D eigenvalue weighted by atomic mass is 35.5. The van der Waals surface area contributed by atoms with E-state index in [1.165, 1.54) is 0 Å². The molecule has 1 saturated heterocycles. The maximum Gasteiger partial charge on any atom is 0.307 e. The number of nitrogens with zero attached hydrogens (tertiary/aromatic N) is 1. The van der Waals surface area contributed by atoms with Crippen LogP contribution in [0.1, 0.15) is 23.5 Å². The van der Waals surface area contributed by atoms with Crippen molar-refractivity contribution in [2.24, 2.45) is 5.92 Å². The van der Waals surface area contributed by atoms with Crippen LogP contribution in [0.5, 0.6) is 0 Å². The molecule has 1 saturated carbocycles. The summed E-state index contributed by atoms with van der Waals surface area (Å²) in [5, 5.41) is 7.06. The van der Waals surface area contributed by atoms with E-state index >= 15 is 0 Å². The van der Waals surface area contributed by atoms with Gasteiger partial charge < -0.3 is 15.1 Å². The Kier molecular flexibility index (Phi) is 3.39. The number of amides is 1. The van der Waals surface area contributed by atoms with Gasteiger partial charge >= 0.3 is 5.91 Å². The number of piperidine rings is 1. The monoisotopic (exact) mass is 317 g/mol. The molecular formula is C16H16ClN3O2. The number of benzene rings is 1. The number of carbonyl (C=O) groups is 1. The van der Waals surface area contributed by atoms with Crippen LogP contribution in [0.15, 0.2) is 34.9 Å². The normalized spacial score (nSPS) is 26.3. The highest BCUT2D eigenvalue weighted by Crippen LogP contribution is 2.31. The van der Waals surface area contributed by atoms with Crippen molar-refractivity contribution in [1.29, 1.82) is 0 Å². The van der Waals surface area contributed by atoms with Gasteiger partial charge in [0, 0.05) is 22.7 Å². The Balaban J connectivity index is 1.48. The van der Waals surface area contributed by atoms with Gasteiger partial charge in [0.1, 0.15) is 0 Å². The van der Waals surface area contributed by atoms with Gasteiger partial charge in [-0.05, 0) is 37.4 Å². The van der Waals surface area contributed by atoms with Crippen molar-refractivity contribution >= 4 is 17.5 Å². The van der Waals surface area contributed by atoms with Gasteiger partial charge in [-0.3, -0.25) is 4.79 Å². The van der Waals surface area contributed by atoms with Gasteiger partial charge in [0.15, 0.2) is 5.76 Å². The molecule has 2 aromatic rings. The molecule has 1 aromatic heterocycles. The van der Waals surface area contributed by atoms with Gasteiger partial charge in [0.05, 0.1) is 6.20 Å². The molecule has 4 rings (SSSR count). The zero-order valence-corrected chi connectivity index (χ0v) is 12.6. The zero-order valence-electron chi connectivity index (χ0n) is 11.9. The first kappa shape index (κ1) is 13.8. The van der Waals surface area contributed by atoms with E-state index < -0.39 is 0 Å². The van der Waals surface area contributed by atoms with E-state index in [9.17, 15) is 4.79 Å². The number of rotatable bonds is 3. The smallest absolute Gasteiger partial charge is 0.307 e. The number of carbonyl (C=O) groups excluding carboxylic acids is 1. The Bertz CT molecular complexity index is 715. The van der Waals surface area contributed by atoms with Crippen LogP contribution in [0.2, 0.25) is 5.02 Å². The van der Waals surface area contributed by atoms with Crippen molar-refractivity contribution in [2.45, 2.75) is 24.9 Å². The molecule has 2 N–H and O–H groups in total. The third-order valence-electron chi connectivity index (χ3n) is 4.45. The molecular weight excluding hydrogens is 302 g/mol. The predicted octanol–water partition coefficient (Wildman–Crippen LogP) is 2.48. The number of aromatic nitrogens is 1. The maximum absolute atomic E-state index is 12.3. The summed E-state index contributed by atoms with van der Waals surface area (Å²) in [7, 11) is 0. The average molecular weight is 318 g/mol. The molecule has 1 aliphatic heterocycles. The lowest BCUT2D eigenvalue weighted by atomic mass is 10.1. The molecule has 3 unspecified atom stereocenters. The fourth-order valence-electron chi connectivity index (χ4n) is 3.40. The number of fused-ring (bicyclic) bond motifs is 2. The summed E-state index contributed by atoms with van der Waals surface area (Å²) in [4.78, 5) is 16.4. The second kappa shape index (κ2) is 5.41. The highest BCUT2D eigenvalue weighted by Gasteiger charge is 2.40. The van der Waals surface area contributed by atoms with Crippen LogP contribution in [0, 0.1) is 5.92 Å². The number of oxazole rings is 1. The maximum atomic E-state index is 12.3. The van der Waals surface area contributed by atoms with Crippen LogP contribution in [-0.4, -0.2) is 29.5 Å². The summed E-state index contributed by atoms with van der Waals surface area (Å²) in [6, 6.07) is 7.83. The van der Waals surface area contributed by atoms with Gasteiger partial charge in [-0.15, -0.1) is 0 Å². The lowest BCUT2D eigenvalue weighted by Gasteiger charge is -2.23. The van der Waals surface area contributed by atoms with Crippen molar-refractivity contribution < 1.29 is 9.21 Å². The van der Waals surface area contributed by atoms with Crippen molar-refractivity contribution in [3.63, 3.8) is 0 Å². The summed E-state index contributed by atoms with van der Waals surface area (Å²) in [5.74, 6) is 1.06. The molecule has 6 heteroatoms. The molecule has 2 aliphatic rings. The van der Waals surface area contributed by atoms with Crippen LogP contribution in [0.4, 0.5) is 0 Å². The minimum atomic E-state index is -0.257. The van der Waals surface area contributed by atoms with Crippen LogP contribution >= 0.6 is 11.6 Å². The van der Waals surface area contributed by atoms with Crippen LogP contribution < -0.4 is 10.6 Å².